The highest BCUT2D eigenvalue weighted by Gasteiger charge is 2.25. The molecule has 0 aromatic heterocycles. The Hall–Kier alpha value is -1.91. The third-order valence-electron chi connectivity index (χ3n) is 3.47. The van der Waals surface area contributed by atoms with Crippen molar-refractivity contribution >= 4 is 11.8 Å². The zero-order valence-electron chi connectivity index (χ0n) is 11.5. The molecule has 0 aliphatic heterocycles. The van der Waals surface area contributed by atoms with E-state index in [0.717, 1.165) is 12.0 Å². The molecule has 5 heteroatoms. The van der Waals surface area contributed by atoms with Gasteiger partial charge in [-0.2, -0.15) is 0 Å². The van der Waals surface area contributed by atoms with Crippen LogP contribution in [0.1, 0.15) is 43.4 Å². The van der Waals surface area contributed by atoms with Crippen LogP contribution in [0.4, 0.5) is 4.39 Å². The van der Waals surface area contributed by atoms with Crippen LogP contribution in [0.2, 0.25) is 0 Å². The summed E-state index contributed by atoms with van der Waals surface area (Å²) in [6, 6.07) is 4.78. The molecule has 0 fully saturated rings. The van der Waals surface area contributed by atoms with E-state index in [4.69, 9.17) is 0 Å². The molecule has 20 heavy (non-hydrogen) atoms. The summed E-state index contributed by atoms with van der Waals surface area (Å²) >= 11 is 0. The average Bonchev–Trinajstić information content (AvgIpc) is 2.82. The van der Waals surface area contributed by atoms with Crippen LogP contribution in [0.5, 0.6) is 0 Å². The van der Waals surface area contributed by atoms with Gasteiger partial charge in [-0.1, -0.05) is 19.1 Å². The fourth-order valence-corrected chi connectivity index (χ4v) is 2.50. The highest BCUT2D eigenvalue weighted by Crippen LogP contribution is 2.32. The highest BCUT2D eigenvalue weighted by atomic mass is 19.1. The van der Waals surface area contributed by atoms with Crippen LogP contribution >= 0.6 is 0 Å². The van der Waals surface area contributed by atoms with E-state index in [-0.39, 0.29) is 30.2 Å². The maximum atomic E-state index is 13.6. The number of fused-ring (bicyclic) bond motifs is 1. The lowest BCUT2D eigenvalue weighted by molar-refractivity contribution is -0.126. The lowest BCUT2D eigenvalue weighted by atomic mass is 10.1. The fourth-order valence-electron chi connectivity index (χ4n) is 2.50. The standard InChI is InChI=1S/C15H19FN2O2/c1-2-4-14(19)17-9-15(20)18-13-8-7-10-11(13)5-3-6-12(10)16/h3,5-6,13H,2,4,7-9H2,1H3,(H,17,19)(H,18,20). The predicted molar refractivity (Wildman–Crippen MR) is 73.5 cm³/mol. The molecule has 0 radical (unpaired) electrons. The molecule has 0 saturated heterocycles. The highest BCUT2D eigenvalue weighted by molar-refractivity contribution is 5.84. The lowest BCUT2D eigenvalue weighted by Crippen LogP contribution is -2.38. The molecule has 0 heterocycles. The van der Waals surface area contributed by atoms with Gasteiger partial charge in [0.2, 0.25) is 11.8 Å². The maximum absolute atomic E-state index is 13.6. The van der Waals surface area contributed by atoms with Gasteiger partial charge in [0.05, 0.1) is 12.6 Å². The monoisotopic (exact) mass is 278 g/mol. The van der Waals surface area contributed by atoms with E-state index in [1.807, 2.05) is 13.0 Å². The number of rotatable bonds is 5. The molecule has 0 spiro atoms. The van der Waals surface area contributed by atoms with Gasteiger partial charge in [0.1, 0.15) is 5.82 Å². The van der Waals surface area contributed by atoms with Crippen LogP contribution in [0, 0.1) is 5.82 Å². The first-order valence-electron chi connectivity index (χ1n) is 6.95. The van der Waals surface area contributed by atoms with Crippen molar-refractivity contribution in [3.05, 3.63) is 35.1 Å². The number of hydrogen-bond donors (Lipinski definition) is 2. The van der Waals surface area contributed by atoms with Gasteiger partial charge in [-0.3, -0.25) is 9.59 Å². The summed E-state index contributed by atoms with van der Waals surface area (Å²) in [5.41, 5.74) is 1.53. The van der Waals surface area contributed by atoms with E-state index < -0.39 is 0 Å². The first kappa shape index (κ1) is 14.5. The van der Waals surface area contributed by atoms with Gasteiger partial charge in [-0.15, -0.1) is 0 Å². The van der Waals surface area contributed by atoms with Crippen molar-refractivity contribution in [1.82, 2.24) is 10.6 Å². The van der Waals surface area contributed by atoms with Crippen LogP contribution in [0.25, 0.3) is 0 Å². The number of halogens is 1. The molecule has 1 aliphatic rings. The van der Waals surface area contributed by atoms with Gasteiger partial charge in [0, 0.05) is 6.42 Å². The van der Waals surface area contributed by atoms with E-state index in [0.29, 0.717) is 24.8 Å². The Bertz CT molecular complexity index is 517. The number of carbonyl (C=O) groups excluding carboxylic acids is 2. The number of nitrogens with one attached hydrogen (secondary N) is 2. The summed E-state index contributed by atoms with van der Waals surface area (Å²) in [5, 5.41) is 5.41. The molecule has 1 aliphatic carbocycles. The molecule has 108 valence electrons. The largest absolute Gasteiger partial charge is 0.348 e. The molecule has 1 atom stereocenters. The molecule has 4 nitrogen and oxygen atoms in total. The minimum atomic E-state index is -0.239. The van der Waals surface area contributed by atoms with Crippen LogP contribution in [-0.2, 0) is 16.0 Å². The Morgan fingerprint density at radius 1 is 1.35 bits per heavy atom. The second-order valence-corrected chi connectivity index (χ2v) is 4.99. The molecule has 2 rings (SSSR count). The van der Waals surface area contributed by atoms with Crippen molar-refractivity contribution in [2.24, 2.45) is 0 Å². The molecule has 0 saturated carbocycles. The summed E-state index contributed by atoms with van der Waals surface area (Å²) in [4.78, 5) is 23.1. The summed E-state index contributed by atoms with van der Waals surface area (Å²) in [5.74, 6) is -0.576. The molecule has 0 bridgehead atoms. The van der Waals surface area contributed by atoms with Crippen LogP contribution < -0.4 is 10.6 Å². The van der Waals surface area contributed by atoms with Crippen molar-refractivity contribution < 1.29 is 14.0 Å². The molecule has 1 aromatic carbocycles. The van der Waals surface area contributed by atoms with Gasteiger partial charge in [-0.25, -0.2) is 4.39 Å². The molecule has 2 N–H and O–H groups in total. The van der Waals surface area contributed by atoms with Crippen molar-refractivity contribution in [2.45, 2.75) is 38.6 Å². The van der Waals surface area contributed by atoms with E-state index in [1.165, 1.54) is 6.07 Å². The number of amides is 2. The van der Waals surface area contributed by atoms with Crippen molar-refractivity contribution in [3.63, 3.8) is 0 Å². The number of benzene rings is 1. The summed E-state index contributed by atoms with van der Waals surface area (Å²) in [6.45, 7) is 1.88. The minimum absolute atomic E-state index is 0.0278. The molecule has 2 amide bonds. The number of hydrogen-bond acceptors (Lipinski definition) is 2. The van der Waals surface area contributed by atoms with Crippen LogP contribution in [0.3, 0.4) is 0 Å². The predicted octanol–water partition coefficient (Wildman–Crippen LogP) is 1.85. The minimum Gasteiger partial charge on any atom is -0.348 e. The SMILES string of the molecule is CCCC(=O)NCC(=O)NC1CCc2c(F)cccc21. The topological polar surface area (TPSA) is 58.2 Å². The molecular formula is C15H19FN2O2. The van der Waals surface area contributed by atoms with Gasteiger partial charge >= 0.3 is 0 Å². The van der Waals surface area contributed by atoms with Gasteiger partial charge in [-0.05, 0) is 36.5 Å². The van der Waals surface area contributed by atoms with Gasteiger partial charge < -0.3 is 10.6 Å². The number of carbonyl (C=O) groups is 2. The Kier molecular flexibility index (Phi) is 4.71. The molecular weight excluding hydrogens is 259 g/mol. The van der Waals surface area contributed by atoms with Crippen LogP contribution in [-0.4, -0.2) is 18.4 Å². The second-order valence-electron chi connectivity index (χ2n) is 4.99. The van der Waals surface area contributed by atoms with E-state index >= 15 is 0 Å². The third-order valence-corrected chi connectivity index (χ3v) is 3.47. The molecule has 1 aromatic rings. The van der Waals surface area contributed by atoms with E-state index in [9.17, 15) is 14.0 Å². The first-order chi connectivity index (χ1) is 9.61. The zero-order chi connectivity index (χ0) is 14.5. The Balaban J connectivity index is 1.88. The normalized spacial score (nSPS) is 16.6. The Morgan fingerprint density at radius 3 is 2.90 bits per heavy atom. The van der Waals surface area contributed by atoms with Crippen LogP contribution in [0.15, 0.2) is 18.2 Å². The summed E-state index contributed by atoms with van der Waals surface area (Å²) in [6.07, 6.45) is 2.51. The third kappa shape index (κ3) is 3.35. The average molecular weight is 278 g/mol. The fraction of sp³-hybridized carbons (Fsp3) is 0.467. The maximum Gasteiger partial charge on any atom is 0.239 e. The Morgan fingerprint density at radius 2 is 2.15 bits per heavy atom. The van der Waals surface area contributed by atoms with Crippen molar-refractivity contribution in [2.75, 3.05) is 6.54 Å². The van der Waals surface area contributed by atoms with Gasteiger partial charge in [0.15, 0.2) is 0 Å². The lowest BCUT2D eigenvalue weighted by Gasteiger charge is -2.14. The molecule has 1 unspecified atom stereocenters. The Labute approximate surface area is 117 Å². The quantitative estimate of drug-likeness (QED) is 0.863. The smallest absolute Gasteiger partial charge is 0.239 e. The summed E-state index contributed by atoms with van der Waals surface area (Å²) in [7, 11) is 0. The van der Waals surface area contributed by atoms with Gasteiger partial charge in [0.25, 0.3) is 0 Å². The van der Waals surface area contributed by atoms with E-state index in [2.05, 4.69) is 10.6 Å². The first-order valence-corrected chi connectivity index (χ1v) is 6.95. The van der Waals surface area contributed by atoms with E-state index in [1.54, 1.807) is 6.07 Å². The summed E-state index contributed by atoms with van der Waals surface area (Å²) < 4.78 is 13.6. The van der Waals surface area contributed by atoms with Crippen molar-refractivity contribution in [1.29, 1.82) is 0 Å². The zero-order valence-corrected chi connectivity index (χ0v) is 11.5. The van der Waals surface area contributed by atoms with Crippen molar-refractivity contribution in [3.8, 4) is 0 Å². The second kappa shape index (κ2) is 6.50.